The largest absolute Gasteiger partial charge is 0.383 e. The molecule has 1 aromatic carbocycles. The first kappa shape index (κ1) is 12.5. The predicted molar refractivity (Wildman–Crippen MR) is 64.2 cm³/mol. The summed E-state index contributed by atoms with van der Waals surface area (Å²) >= 11 is 3.35. The fourth-order valence-corrected chi connectivity index (χ4v) is 1.89. The van der Waals surface area contributed by atoms with Crippen molar-refractivity contribution in [1.29, 1.82) is 0 Å². The number of ether oxygens (including phenoxy) is 1. The van der Waals surface area contributed by atoms with E-state index in [1.54, 1.807) is 13.2 Å². The summed E-state index contributed by atoms with van der Waals surface area (Å²) in [5.41, 5.74) is 1.60. The van der Waals surface area contributed by atoms with Crippen molar-refractivity contribution in [3.8, 4) is 0 Å². The molecule has 15 heavy (non-hydrogen) atoms. The minimum atomic E-state index is -0.189. The van der Waals surface area contributed by atoms with Gasteiger partial charge in [-0.05, 0) is 11.6 Å². The van der Waals surface area contributed by atoms with E-state index in [1.165, 1.54) is 6.07 Å². The van der Waals surface area contributed by atoms with E-state index in [1.807, 2.05) is 18.0 Å². The number of likely N-dealkylation sites (N-methyl/N-ethyl adjacent to an activating group) is 1. The zero-order valence-electron chi connectivity index (χ0n) is 8.96. The van der Waals surface area contributed by atoms with Crippen LogP contribution in [0, 0.1) is 5.82 Å². The smallest absolute Gasteiger partial charge is 0.146 e. The van der Waals surface area contributed by atoms with Crippen molar-refractivity contribution < 1.29 is 9.13 Å². The average molecular weight is 276 g/mol. The fraction of sp³-hybridized carbons (Fsp3) is 0.455. The van der Waals surface area contributed by atoms with Crippen molar-refractivity contribution >= 4 is 21.6 Å². The van der Waals surface area contributed by atoms with Crippen LogP contribution >= 0.6 is 15.9 Å². The van der Waals surface area contributed by atoms with Gasteiger partial charge in [0, 0.05) is 26.0 Å². The zero-order chi connectivity index (χ0) is 11.3. The standard InChI is InChI=1S/C11H15BrFNO/c1-14(6-7-15-2)11-9(8-12)4-3-5-10(11)13/h3-5H,6-8H2,1-2H3. The fourth-order valence-electron chi connectivity index (χ4n) is 1.44. The molecule has 0 radical (unpaired) electrons. The number of benzene rings is 1. The van der Waals surface area contributed by atoms with E-state index in [4.69, 9.17) is 4.74 Å². The Morgan fingerprint density at radius 1 is 1.47 bits per heavy atom. The van der Waals surface area contributed by atoms with E-state index in [0.29, 0.717) is 24.2 Å². The van der Waals surface area contributed by atoms with E-state index in [0.717, 1.165) is 5.56 Å². The van der Waals surface area contributed by atoms with Crippen LogP contribution in [0.2, 0.25) is 0 Å². The first-order valence-corrected chi connectivity index (χ1v) is 5.86. The summed E-state index contributed by atoms with van der Waals surface area (Å²) in [4.78, 5) is 1.87. The lowest BCUT2D eigenvalue weighted by molar-refractivity contribution is 0.206. The summed E-state index contributed by atoms with van der Waals surface area (Å²) in [5, 5.41) is 0.650. The number of rotatable bonds is 5. The molecule has 0 aromatic heterocycles. The number of methoxy groups -OCH3 is 1. The highest BCUT2D eigenvalue weighted by molar-refractivity contribution is 9.08. The molecule has 0 saturated carbocycles. The van der Waals surface area contributed by atoms with Crippen molar-refractivity contribution in [2.24, 2.45) is 0 Å². The minimum absolute atomic E-state index is 0.189. The van der Waals surface area contributed by atoms with Crippen molar-refractivity contribution in [3.63, 3.8) is 0 Å². The Hall–Kier alpha value is -0.610. The van der Waals surface area contributed by atoms with Crippen LogP contribution in [-0.4, -0.2) is 27.3 Å². The van der Waals surface area contributed by atoms with Crippen LogP contribution in [0.25, 0.3) is 0 Å². The van der Waals surface area contributed by atoms with Crippen LogP contribution < -0.4 is 4.90 Å². The summed E-state index contributed by atoms with van der Waals surface area (Å²) in [6, 6.07) is 5.11. The zero-order valence-corrected chi connectivity index (χ0v) is 10.6. The molecule has 0 unspecified atom stereocenters. The number of hydrogen-bond acceptors (Lipinski definition) is 2. The van der Waals surface area contributed by atoms with Gasteiger partial charge in [-0.2, -0.15) is 0 Å². The first-order valence-electron chi connectivity index (χ1n) is 4.74. The van der Waals surface area contributed by atoms with Gasteiger partial charge >= 0.3 is 0 Å². The van der Waals surface area contributed by atoms with Gasteiger partial charge in [0.2, 0.25) is 0 Å². The van der Waals surface area contributed by atoms with E-state index in [2.05, 4.69) is 15.9 Å². The highest BCUT2D eigenvalue weighted by atomic mass is 79.9. The topological polar surface area (TPSA) is 12.5 Å². The number of nitrogens with zero attached hydrogens (tertiary/aromatic N) is 1. The molecule has 0 aliphatic carbocycles. The minimum Gasteiger partial charge on any atom is -0.383 e. The quantitative estimate of drug-likeness (QED) is 0.767. The highest BCUT2D eigenvalue weighted by Gasteiger charge is 2.11. The van der Waals surface area contributed by atoms with Crippen molar-refractivity contribution in [2.75, 3.05) is 32.2 Å². The Labute approximate surface area is 98.2 Å². The van der Waals surface area contributed by atoms with E-state index < -0.39 is 0 Å². The van der Waals surface area contributed by atoms with Gasteiger partial charge in [-0.15, -0.1) is 0 Å². The molecule has 2 nitrogen and oxygen atoms in total. The molecule has 0 N–H and O–H groups in total. The van der Waals surface area contributed by atoms with Crippen molar-refractivity contribution in [2.45, 2.75) is 5.33 Å². The molecule has 0 amide bonds. The number of para-hydroxylation sites is 1. The molecule has 0 fully saturated rings. The SMILES string of the molecule is COCCN(C)c1c(F)cccc1CBr. The second-order valence-electron chi connectivity index (χ2n) is 3.30. The molecule has 0 aliphatic heterocycles. The molecule has 0 bridgehead atoms. The van der Waals surface area contributed by atoms with Gasteiger partial charge in [0.05, 0.1) is 12.3 Å². The van der Waals surface area contributed by atoms with Gasteiger partial charge in [0.15, 0.2) is 0 Å². The first-order chi connectivity index (χ1) is 7.20. The van der Waals surface area contributed by atoms with Gasteiger partial charge in [-0.25, -0.2) is 4.39 Å². The van der Waals surface area contributed by atoms with E-state index >= 15 is 0 Å². The molecule has 1 rings (SSSR count). The van der Waals surface area contributed by atoms with Crippen LogP contribution in [0.1, 0.15) is 5.56 Å². The summed E-state index contributed by atoms with van der Waals surface area (Å²) in [6.45, 7) is 1.27. The Morgan fingerprint density at radius 3 is 2.80 bits per heavy atom. The molecule has 1 aromatic rings. The highest BCUT2D eigenvalue weighted by Crippen LogP contribution is 2.25. The average Bonchev–Trinajstić information content (AvgIpc) is 2.25. The molecular weight excluding hydrogens is 261 g/mol. The Kier molecular flexibility index (Phi) is 5.05. The van der Waals surface area contributed by atoms with Crippen molar-refractivity contribution in [1.82, 2.24) is 0 Å². The van der Waals surface area contributed by atoms with E-state index in [9.17, 15) is 4.39 Å². The maximum absolute atomic E-state index is 13.6. The normalized spacial score (nSPS) is 10.4. The third kappa shape index (κ3) is 3.18. The number of alkyl halides is 1. The maximum Gasteiger partial charge on any atom is 0.146 e. The Morgan fingerprint density at radius 2 is 2.20 bits per heavy atom. The Bertz CT molecular complexity index is 319. The molecule has 0 aliphatic rings. The third-order valence-corrected chi connectivity index (χ3v) is 2.83. The second kappa shape index (κ2) is 6.08. The molecule has 0 heterocycles. The van der Waals surface area contributed by atoms with Crippen LogP contribution in [0.3, 0.4) is 0 Å². The van der Waals surface area contributed by atoms with E-state index in [-0.39, 0.29) is 5.82 Å². The maximum atomic E-state index is 13.6. The molecule has 84 valence electrons. The van der Waals surface area contributed by atoms with Gasteiger partial charge in [0.25, 0.3) is 0 Å². The Balaban J connectivity index is 2.90. The van der Waals surface area contributed by atoms with Crippen LogP contribution in [-0.2, 0) is 10.1 Å². The third-order valence-electron chi connectivity index (χ3n) is 2.23. The van der Waals surface area contributed by atoms with Crippen LogP contribution in [0.4, 0.5) is 10.1 Å². The summed E-state index contributed by atoms with van der Waals surface area (Å²) in [6.07, 6.45) is 0. The number of hydrogen-bond donors (Lipinski definition) is 0. The van der Waals surface area contributed by atoms with Gasteiger partial charge < -0.3 is 9.64 Å². The van der Waals surface area contributed by atoms with Gasteiger partial charge in [-0.1, -0.05) is 28.1 Å². The summed E-state index contributed by atoms with van der Waals surface area (Å²) < 4.78 is 18.6. The van der Waals surface area contributed by atoms with Crippen molar-refractivity contribution in [3.05, 3.63) is 29.6 Å². The summed E-state index contributed by atoms with van der Waals surface area (Å²) in [5.74, 6) is -0.189. The van der Waals surface area contributed by atoms with Gasteiger partial charge in [0.1, 0.15) is 5.82 Å². The number of anilines is 1. The second-order valence-corrected chi connectivity index (χ2v) is 3.86. The van der Waals surface area contributed by atoms with Crippen LogP contribution in [0.15, 0.2) is 18.2 Å². The predicted octanol–water partition coefficient (Wildman–Crippen LogP) is 2.80. The summed E-state index contributed by atoms with van der Waals surface area (Å²) in [7, 11) is 3.50. The number of halogens is 2. The lowest BCUT2D eigenvalue weighted by Crippen LogP contribution is -2.24. The van der Waals surface area contributed by atoms with Gasteiger partial charge in [-0.3, -0.25) is 0 Å². The molecule has 0 spiro atoms. The molecular formula is C11H15BrFNO. The monoisotopic (exact) mass is 275 g/mol. The molecule has 4 heteroatoms. The lowest BCUT2D eigenvalue weighted by Gasteiger charge is -2.22. The molecule has 0 atom stereocenters. The molecule has 0 saturated heterocycles. The van der Waals surface area contributed by atoms with Crippen LogP contribution in [0.5, 0.6) is 0 Å². The lowest BCUT2D eigenvalue weighted by atomic mass is 10.2.